The van der Waals surface area contributed by atoms with E-state index in [-0.39, 0.29) is 11.1 Å². The topological polar surface area (TPSA) is 102 Å². The molecule has 4 aromatic rings. The molecular formula is C23H17F3N6O2. The van der Waals surface area contributed by atoms with Crippen molar-refractivity contribution in [2.75, 3.05) is 0 Å². The molecule has 0 fully saturated rings. The Morgan fingerprint density at radius 3 is 1.91 bits per heavy atom. The third kappa shape index (κ3) is 5.44. The molecule has 1 aromatic heterocycles. The maximum absolute atomic E-state index is 12.6. The predicted molar refractivity (Wildman–Crippen MR) is 115 cm³/mol. The zero-order valence-corrected chi connectivity index (χ0v) is 17.5. The molecule has 2 N–H and O–H groups in total. The number of aromatic nitrogens is 4. The van der Waals surface area contributed by atoms with Crippen molar-refractivity contribution in [3.8, 4) is 11.4 Å². The monoisotopic (exact) mass is 466 g/mol. The Labute approximate surface area is 191 Å². The minimum Gasteiger partial charge on any atom is -0.267 e. The standard InChI is InChI=1S/C23H17F3N6O2/c24-23(25,26)19-12-10-18(11-13-19)22(34)29-28-21(33)17-8-6-15(7-9-17)14-32-30-20(27-31-32)16-4-2-1-3-5-16/h1-13H,14H2,(H,28,33)(H,29,34). The van der Waals surface area contributed by atoms with E-state index in [4.69, 9.17) is 0 Å². The predicted octanol–water partition coefficient (Wildman–Crippen LogP) is 3.48. The molecule has 2 amide bonds. The Bertz CT molecular complexity index is 1290. The lowest BCUT2D eigenvalue weighted by atomic mass is 10.1. The first kappa shape index (κ1) is 22.6. The minimum absolute atomic E-state index is 0.0288. The average molecular weight is 466 g/mol. The smallest absolute Gasteiger partial charge is 0.267 e. The van der Waals surface area contributed by atoms with Crippen LogP contribution >= 0.6 is 0 Å². The highest BCUT2D eigenvalue weighted by Gasteiger charge is 2.30. The van der Waals surface area contributed by atoms with Gasteiger partial charge in [0.1, 0.15) is 0 Å². The van der Waals surface area contributed by atoms with Gasteiger partial charge in [0.2, 0.25) is 5.82 Å². The Hall–Kier alpha value is -4.54. The van der Waals surface area contributed by atoms with Crippen LogP contribution in [0.2, 0.25) is 0 Å². The van der Waals surface area contributed by atoms with Crippen LogP contribution in [0.3, 0.4) is 0 Å². The van der Waals surface area contributed by atoms with E-state index >= 15 is 0 Å². The number of hydrogen-bond acceptors (Lipinski definition) is 5. The third-order valence-corrected chi connectivity index (χ3v) is 4.79. The molecule has 34 heavy (non-hydrogen) atoms. The van der Waals surface area contributed by atoms with Crippen molar-refractivity contribution in [1.29, 1.82) is 0 Å². The van der Waals surface area contributed by atoms with E-state index in [2.05, 4.69) is 26.3 Å². The fourth-order valence-corrected chi connectivity index (χ4v) is 3.01. The first-order valence-electron chi connectivity index (χ1n) is 10.00. The van der Waals surface area contributed by atoms with Gasteiger partial charge in [0.05, 0.1) is 12.1 Å². The maximum Gasteiger partial charge on any atom is 0.416 e. The van der Waals surface area contributed by atoms with Crippen LogP contribution in [0.4, 0.5) is 13.2 Å². The number of carbonyl (C=O) groups excluding carboxylic acids is 2. The van der Waals surface area contributed by atoms with Gasteiger partial charge in [0.25, 0.3) is 11.8 Å². The molecule has 0 radical (unpaired) electrons. The Balaban J connectivity index is 1.32. The van der Waals surface area contributed by atoms with Gasteiger partial charge in [-0.25, -0.2) is 0 Å². The summed E-state index contributed by atoms with van der Waals surface area (Å²) in [6.45, 7) is 0.340. The normalized spacial score (nSPS) is 11.1. The van der Waals surface area contributed by atoms with Crippen LogP contribution in [0.5, 0.6) is 0 Å². The minimum atomic E-state index is -4.50. The number of nitrogens with one attached hydrogen (secondary N) is 2. The molecule has 4 rings (SSSR count). The van der Waals surface area contributed by atoms with E-state index in [1.165, 1.54) is 4.80 Å². The third-order valence-electron chi connectivity index (χ3n) is 4.79. The quantitative estimate of drug-likeness (QED) is 0.439. The van der Waals surface area contributed by atoms with Gasteiger partial charge in [-0.1, -0.05) is 42.5 Å². The summed E-state index contributed by atoms with van der Waals surface area (Å²) in [5.41, 5.74) is 5.45. The number of benzene rings is 3. The number of amides is 2. The van der Waals surface area contributed by atoms with Gasteiger partial charge in [0.15, 0.2) is 0 Å². The largest absolute Gasteiger partial charge is 0.416 e. The molecule has 3 aromatic carbocycles. The van der Waals surface area contributed by atoms with Gasteiger partial charge >= 0.3 is 6.18 Å². The van der Waals surface area contributed by atoms with Crippen molar-refractivity contribution < 1.29 is 22.8 Å². The van der Waals surface area contributed by atoms with Crippen molar-refractivity contribution in [2.45, 2.75) is 12.7 Å². The van der Waals surface area contributed by atoms with Crippen molar-refractivity contribution in [3.05, 3.63) is 101 Å². The number of hydrazine groups is 1. The molecule has 0 aliphatic heterocycles. The summed E-state index contributed by atoms with van der Waals surface area (Å²) in [6, 6.07) is 19.6. The van der Waals surface area contributed by atoms with E-state index in [9.17, 15) is 22.8 Å². The number of alkyl halides is 3. The number of nitrogens with zero attached hydrogens (tertiary/aromatic N) is 4. The summed E-state index contributed by atoms with van der Waals surface area (Å²) < 4.78 is 37.8. The van der Waals surface area contributed by atoms with E-state index in [0.717, 1.165) is 35.4 Å². The van der Waals surface area contributed by atoms with Crippen LogP contribution in [-0.2, 0) is 12.7 Å². The molecule has 1 heterocycles. The fraction of sp³-hybridized carbons (Fsp3) is 0.0870. The summed E-state index contributed by atoms with van der Waals surface area (Å²) in [5, 5.41) is 12.4. The van der Waals surface area contributed by atoms with Gasteiger partial charge in [-0.3, -0.25) is 20.4 Å². The van der Waals surface area contributed by atoms with Gasteiger partial charge in [-0.15, -0.1) is 10.2 Å². The molecule has 172 valence electrons. The summed E-state index contributed by atoms with van der Waals surface area (Å²) in [6.07, 6.45) is -4.50. The number of hydrogen-bond donors (Lipinski definition) is 2. The average Bonchev–Trinajstić information content (AvgIpc) is 3.31. The zero-order valence-electron chi connectivity index (χ0n) is 17.5. The zero-order chi connectivity index (χ0) is 24.1. The second-order valence-corrected chi connectivity index (χ2v) is 7.19. The second kappa shape index (κ2) is 9.53. The van der Waals surface area contributed by atoms with Gasteiger partial charge < -0.3 is 0 Å². The lowest BCUT2D eigenvalue weighted by Crippen LogP contribution is -2.41. The molecule has 0 bridgehead atoms. The molecule has 0 atom stereocenters. The summed E-state index contributed by atoms with van der Waals surface area (Å²) in [5.74, 6) is -0.831. The fourth-order valence-electron chi connectivity index (χ4n) is 3.01. The Morgan fingerprint density at radius 1 is 0.794 bits per heavy atom. The number of rotatable bonds is 5. The van der Waals surface area contributed by atoms with Crippen LogP contribution in [0, 0.1) is 0 Å². The summed E-state index contributed by atoms with van der Waals surface area (Å²) >= 11 is 0. The first-order valence-corrected chi connectivity index (χ1v) is 10.00. The highest BCUT2D eigenvalue weighted by molar-refractivity contribution is 5.99. The summed E-state index contributed by atoms with van der Waals surface area (Å²) in [4.78, 5) is 25.8. The first-order chi connectivity index (χ1) is 16.3. The van der Waals surface area contributed by atoms with Gasteiger partial charge in [-0.2, -0.15) is 18.0 Å². The van der Waals surface area contributed by atoms with Crippen molar-refractivity contribution in [1.82, 2.24) is 31.1 Å². The lowest BCUT2D eigenvalue weighted by Gasteiger charge is -2.09. The van der Waals surface area contributed by atoms with E-state index in [1.54, 1.807) is 24.3 Å². The van der Waals surface area contributed by atoms with Crippen LogP contribution in [0.15, 0.2) is 78.9 Å². The van der Waals surface area contributed by atoms with Crippen LogP contribution in [0.25, 0.3) is 11.4 Å². The molecule has 0 aliphatic carbocycles. The molecular weight excluding hydrogens is 449 g/mol. The SMILES string of the molecule is O=C(NNC(=O)c1ccc(C(F)(F)F)cc1)c1ccc(Cn2nnc(-c3ccccc3)n2)cc1. The van der Waals surface area contributed by atoms with Crippen LogP contribution in [0.1, 0.15) is 31.8 Å². The van der Waals surface area contributed by atoms with Crippen LogP contribution < -0.4 is 10.9 Å². The summed E-state index contributed by atoms with van der Waals surface area (Å²) in [7, 11) is 0. The van der Waals surface area contributed by atoms with Crippen molar-refractivity contribution >= 4 is 11.8 Å². The molecule has 0 unspecified atom stereocenters. The van der Waals surface area contributed by atoms with E-state index < -0.39 is 23.6 Å². The lowest BCUT2D eigenvalue weighted by molar-refractivity contribution is -0.137. The number of carbonyl (C=O) groups is 2. The molecule has 0 saturated heterocycles. The molecule has 8 nitrogen and oxygen atoms in total. The second-order valence-electron chi connectivity index (χ2n) is 7.19. The van der Waals surface area contributed by atoms with Gasteiger partial charge in [-0.05, 0) is 47.2 Å². The maximum atomic E-state index is 12.6. The number of halogens is 3. The Morgan fingerprint density at radius 2 is 1.35 bits per heavy atom. The highest BCUT2D eigenvalue weighted by atomic mass is 19.4. The van der Waals surface area contributed by atoms with Crippen LogP contribution in [-0.4, -0.2) is 32.0 Å². The van der Waals surface area contributed by atoms with Crippen molar-refractivity contribution in [2.24, 2.45) is 0 Å². The Kier molecular flexibility index (Phi) is 6.35. The number of tetrazole rings is 1. The highest BCUT2D eigenvalue weighted by Crippen LogP contribution is 2.29. The van der Waals surface area contributed by atoms with Gasteiger partial charge in [0, 0.05) is 16.7 Å². The molecule has 0 aliphatic rings. The molecule has 0 saturated carbocycles. The van der Waals surface area contributed by atoms with Crippen molar-refractivity contribution in [3.63, 3.8) is 0 Å². The molecule has 11 heteroatoms. The molecule has 0 spiro atoms. The van der Waals surface area contributed by atoms with E-state index in [0.29, 0.717) is 12.4 Å². The van der Waals surface area contributed by atoms with E-state index in [1.807, 2.05) is 30.3 Å².